The third-order valence-electron chi connectivity index (χ3n) is 1.99. The molecule has 0 aliphatic rings. The second-order valence-electron chi connectivity index (χ2n) is 3.15. The molecule has 5 heteroatoms. The van der Waals surface area contributed by atoms with E-state index in [-0.39, 0.29) is 5.56 Å². The van der Waals surface area contributed by atoms with E-state index in [4.69, 9.17) is 10.2 Å². The maximum atomic E-state index is 11.3. The molecule has 0 spiro atoms. The minimum atomic E-state index is -0.811. The van der Waals surface area contributed by atoms with Gasteiger partial charge in [0.1, 0.15) is 11.1 Å². The maximum absolute atomic E-state index is 11.3. The first-order chi connectivity index (χ1) is 7.08. The van der Waals surface area contributed by atoms with Crippen LogP contribution in [-0.2, 0) is 0 Å². The van der Waals surface area contributed by atoms with E-state index in [1.807, 2.05) is 0 Å². The molecule has 0 saturated carbocycles. The Morgan fingerprint density at radius 3 is 2.87 bits per heavy atom. The van der Waals surface area contributed by atoms with Crippen LogP contribution in [0.2, 0.25) is 0 Å². The summed E-state index contributed by atoms with van der Waals surface area (Å²) in [5.41, 5.74) is 5.66. The van der Waals surface area contributed by atoms with Gasteiger partial charge in [-0.2, -0.15) is 0 Å². The molecule has 1 amide bonds. The first kappa shape index (κ1) is 9.39. The molecule has 0 unspecified atom stereocenters. The van der Waals surface area contributed by atoms with Crippen LogP contribution >= 0.6 is 0 Å². The van der Waals surface area contributed by atoms with Gasteiger partial charge in [-0.3, -0.25) is 4.79 Å². The lowest BCUT2D eigenvalue weighted by Gasteiger charge is -1.98. The van der Waals surface area contributed by atoms with Gasteiger partial charge in [-0.25, -0.2) is 9.78 Å². The monoisotopic (exact) mass is 204 g/mol. The minimum Gasteiger partial charge on any atom is -0.420 e. The first-order valence-corrected chi connectivity index (χ1v) is 4.29. The minimum absolute atomic E-state index is 0.180. The molecular formula is C10H8N2O3. The van der Waals surface area contributed by atoms with Gasteiger partial charge in [-0.15, -0.1) is 0 Å². The molecule has 0 atom stereocenters. The van der Waals surface area contributed by atoms with Crippen LogP contribution in [0, 0.1) is 6.92 Å². The van der Waals surface area contributed by atoms with Crippen molar-refractivity contribution in [3.8, 4) is 0 Å². The number of aryl methyl sites for hydroxylation is 1. The zero-order valence-corrected chi connectivity index (χ0v) is 7.98. The van der Waals surface area contributed by atoms with Gasteiger partial charge in [-0.05, 0) is 25.1 Å². The maximum Gasteiger partial charge on any atom is 0.349 e. The molecule has 5 nitrogen and oxygen atoms in total. The quantitative estimate of drug-likeness (QED) is 0.736. The average molecular weight is 204 g/mol. The van der Waals surface area contributed by atoms with E-state index in [1.165, 1.54) is 6.07 Å². The summed E-state index contributed by atoms with van der Waals surface area (Å²) < 4.78 is 4.89. The Hall–Kier alpha value is -2.17. The van der Waals surface area contributed by atoms with Crippen LogP contribution in [-0.4, -0.2) is 10.9 Å². The second-order valence-corrected chi connectivity index (χ2v) is 3.15. The van der Waals surface area contributed by atoms with Crippen molar-refractivity contribution in [2.75, 3.05) is 0 Å². The van der Waals surface area contributed by atoms with Gasteiger partial charge >= 0.3 is 5.63 Å². The molecule has 0 aromatic carbocycles. The number of amides is 1. The SMILES string of the molecule is Cc1ccc2oc(=O)c(C(N)=O)cc2n1. The van der Waals surface area contributed by atoms with Crippen LogP contribution < -0.4 is 11.4 Å². The van der Waals surface area contributed by atoms with Crippen molar-refractivity contribution in [3.63, 3.8) is 0 Å². The molecule has 2 N–H and O–H groups in total. The van der Waals surface area contributed by atoms with Crippen LogP contribution in [0.5, 0.6) is 0 Å². The number of carbonyl (C=O) groups is 1. The summed E-state index contributed by atoms with van der Waals surface area (Å²) in [6, 6.07) is 4.69. The number of rotatable bonds is 1. The summed E-state index contributed by atoms with van der Waals surface area (Å²) in [5, 5.41) is 0. The molecule has 0 saturated heterocycles. The lowest BCUT2D eigenvalue weighted by atomic mass is 10.2. The number of carbonyl (C=O) groups excluding carboxylic acids is 1. The Bertz CT molecular complexity index is 601. The fourth-order valence-corrected chi connectivity index (χ4v) is 1.28. The average Bonchev–Trinajstić information content (AvgIpc) is 2.17. The van der Waals surface area contributed by atoms with Crippen LogP contribution in [0.1, 0.15) is 16.1 Å². The van der Waals surface area contributed by atoms with Crippen molar-refractivity contribution in [1.82, 2.24) is 4.98 Å². The summed E-state index contributed by atoms with van der Waals surface area (Å²) in [4.78, 5) is 26.3. The molecule has 0 fully saturated rings. The summed E-state index contributed by atoms with van der Waals surface area (Å²) in [7, 11) is 0. The number of hydrogen-bond donors (Lipinski definition) is 1. The molecule has 0 radical (unpaired) electrons. The fourth-order valence-electron chi connectivity index (χ4n) is 1.28. The zero-order valence-electron chi connectivity index (χ0n) is 7.98. The summed E-state index contributed by atoms with van der Waals surface area (Å²) in [6.07, 6.45) is 0. The lowest BCUT2D eigenvalue weighted by Crippen LogP contribution is -2.20. The van der Waals surface area contributed by atoms with Gasteiger partial charge in [0.25, 0.3) is 5.91 Å². The first-order valence-electron chi connectivity index (χ1n) is 4.29. The Morgan fingerprint density at radius 2 is 2.20 bits per heavy atom. The fraction of sp³-hybridized carbons (Fsp3) is 0.100. The third-order valence-corrected chi connectivity index (χ3v) is 1.99. The molecule has 0 aliphatic carbocycles. The van der Waals surface area contributed by atoms with Gasteiger partial charge in [-0.1, -0.05) is 0 Å². The third kappa shape index (κ3) is 1.59. The highest BCUT2D eigenvalue weighted by molar-refractivity contribution is 5.94. The van der Waals surface area contributed by atoms with Crippen LogP contribution in [0.25, 0.3) is 11.1 Å². The number of fused-ring (bicyclic) bond motifs is 1. The molecule has 76 valence electrons. The Balaban J connectivity index is 2.83. The van der Waals surface area contributed by atoms with Crippen molar-refractivity contribution >= 4 is 17.0 Å². The number of nitrogens with two attached hydrogens (primary N) is 1. The molecule has 2 heterocycles. The van der Waals surface area contributed by atoms with Crippen molar-refractivity contribution in [2.45, 2.75) is 6.92 Å². The normalized spacial score (nSPS) is 10.5. The molecule has 2 aromatic rings. The van der Waals surface area contributed by atoms with E-state index < -0.39 is 11.5 Å². The van der Waals surface area contributed by atoms with E-state index in [1.54, 1.807) is 19.1 Å². The molecule has 2 aromatic heterocycles. The van der Waals surface area contributed by atoms with Crippen LogP contribution in [0.4, 0.5) is 0 Å². The lowest BCUT2D eigenvalue weighted by molar-refractivity contribution is 0.0997. The van der Waals surface area contributed by atoms with Gasteiger partial charge in [0, 0.05) is 5.69 Å². The van der Waals surface area contributed by atoms with E-state index in [0.717, 1.165) is 5.69 Å². The van der Waals surface area contributed by atoms with Crippen LogP contribution in [0.3, 0.4) is 0 Å². The highest BCUT2D eigenvalue weighted by atomic mass is 16.4. The largest absolute Gasteiger partial charge is 0.420 e. The number of hydrogen-bond acceptors (Lipinski definition) is 4. The molecule has 2 rings (SSSR count). The predicted molar refractivity (Wildman–Crippen MR) is 53.5 cm³/mol. The standard InChI is InChI=1S/C10H8N2O3/c1-5-2-3-8-7(12-5)4-6(9(11)13)10(14)15-8/h2-4H,1H3,(H2,11,13). The predicted octanol–water partition coefficient (Wildman–Crippen LogP) is 0.595. The van der Waals surface area contributed by atoms with Crippen molar-refractivity contribution < 1.29 is 9.21 Å². The van der Waals surface area contributed by atoms with Gasteiger partial charge in [0.05, 0.1) is 0 Å². The second kappa shape index (κ2) is 3.20. The highest BCUT2D eigenvalue weighted by Gasteiger charge is 2.10. The Morgan fingerprint density at radius 1 is 1.47 bits per heavy atom. The topological polar surface area (TPSA) is 86.2 Å². The number of aromatic nitrogens is 1. The molecule has 15 heavy (non-hydrogen) atoms. The number of nitrogens with zero attached hydrogens (tertiary/aromatic N) is 1. The Labute approximate surface area is 84.5 Å². The number of primary amides is 1. The van der Waals surface area contributed by atoms with Crippen molar-refractivity contribution in [1.29, 1.82) is 0 Å². The van der Waals surface area contributed by atoms with E-state index >= 15 is 0 Å². The summed E-state index contributed by atoms with van der Waals surface area (Å²) in [5.74, 6) is -0.811. The van der Waals surface area contributed by atoms with Gasteiger partial charge in [0.2, 0.25) is 0 Å². The molecular weight excluding hydrogens is 196 g/mol. The van der Waals surface area contributed by atoms with E-state index in [9.17, 15) is 9.59 Å². The highest BCUT2D eigenvalue weighted by Crippen LogP contribution is 2.11. The summed E-state index contributed by atoms with van der Waals surface area (Å²) >= 11 is 0. The Kier molecular flexibility index (Phi) is 2.00. The summed E-state index contributed by atoms with van der Waals surface area (Å²) in [6.45, 7) is 1.80. The molecule has 0 bridgehead atoms. The molecule has 0 aliphatic heterocycles. The van der Waals surface area contributed by atoms with E-state index in [2.05, 4.69) is 4.98 Å². The smallest absolute Gasteiger partial charge is 0.349 e. The van der Waals surface area contributed by atoms with Gasteiger partial charge in [0.15, 0.2) is 5.58 Å². The van der Waals surface area contributed by atoms with Crippen LogP contribution in [0.15, 0.2) is 27.4 Å². The van der Waals surface area contributed by atoms with Crippen molar-refractivity contribution in [2.24, 2.45) is 5.73 Å². The van der Waals surface area contributed by atoms with E-state index in [0.29, 0.717) is 11.1 Å². The zero-order chi connectivity index (χ0) is 11.0. The van der Waals surface area contributed by atoms with Gasteiger partial charge < -0.3 is 10.2 Å². The number of pyridine rings is 1. The van der Waals surface area contributed by atoms with Crippen molar-refractivity contribution in [3.05, 3.63) is 39.9 Å².